The van der Waals surface area contributed by atoms with Crippen molar-refractivity contribution >= 4 is 42.7 Å². The van der Waals surface area contributed by atoms with Crippen LogP contribution in [-0.4, -0.2) is 23.0 Å². The number of alkyl halides is 1. The van der Waals surface area contributed by atoms with E-state index >= 15 is 0 Å². The molecular weight excluding hydrogens is 294 g/mol. The fourth-order valence-corrected chi connectivity index (χ4v) is 2.12. The summed E-state index contributed by atoms with van der Waals surface area (Å²) in [7, 11) is -3.32. The first-order valence-electron chi connectivity index (χ1n) is 4.38. The molecule has 1 heterocycles. The first kappa shape index (κ1) is 11.3. The number of benzene rings is 1. The molecule has 0 amide bonds. The smallest absolute Gasteiger partial charge is 0.242 e. The van der Waals surface area contributed by atoms with Crippen LogP contribution in [0, 0.1) is 0 Å². The van der Waals surface area contributed by atoms with Gasteiger partial charge in [0.25, 0.3) is 0 Å². The molecule has 0 bridgehead atoms. The van der Waals surface area contributed by atoms with Gasteiger partial charge in [-0.3, -0.25) is 14.7 Å². The second-order valence-electron chi connectivity index (χ2n) is 3.09. The lowest BCUT2D eigenvalue weighted by Crippen LogP contribution is -2.13. The zero-order valence-electron chi connectivity index (χ0n) is 8.09. The summed E-state index contributed by atoms with van der Waals surface area (Å²) in [5.74, 6) is 0. The number of halogens is 1. The molecule has 2 rings (SSSR count). The van der Waals surface area contributed by atoms with Crippen LogP contribution in [0.5, 0.6) is 0 Å². The van der Waals surface area contributed by atoms with Gasteiger partial charge in [0, 0.05) is 12.4 Å². The van der Waals surface area contributed by atoms with E-state index in [1.165, 1.54) is 0 Å². The zero-order valence-corrected chi connectivity index (χ0v) is 10.5. The molecule has 0 aliphatic carbocycles. The molecule has 0 unspecified atom stereocenters. The lowest BCUT2D eigenvalue weighted by molar-refractivity contribution is 0.606. The quantitative estimate of drug-likeness (QED) is 0.876. The molecule has 1 aromatic carbocycles. The molecule has 84 valence electrons. The molecule has 0 atom stereocenters. The Bertz CT molecular complexity index is 615. The van der Waals surface area contributed by atoms with E-state index < -0.39 is 10.0 Å². The third kappa shape index (κ3) is 2.48. The minimum Gasteiger partial charge on any atom is -0.283 e. The molecule has 1 aromatic heterocycles. The van der Waals surface area contributed by atoms with Gasteiger partial charge in [0.15, 0.2) is 0 Å². The van der Waals surface area contributed by atoms with Gasteiger partial charge in [0.1, 0.15) is 4.66 Å². The van der Waals surface area contributed by atoms with Crippen LogP contribution in [0.2, 0.25) is 0 Å². The van der Waals surface area contributed by atoms with Crippen LogP contribution in [0.4, 0.5) is 5.69 Å². The number of sulfonamides is 1. The largest absolute Gasteiger partial charge is 0.283 e. The van der Waals surface area contributed by atoms with Crippen LogP contribution in [0.3, 0.4) is 0 Å². The maximum atomic E-state index is 11.3. The van der Waals surface area contributed by atoms with Crippen molar-refractivity contribution in [1.82, 2.24) is 9.97 Å². The maximum absolute atomic E-state index is 11.3. The number of rotatable bonds is 3. The number of aromatic nitrogens is 2. The molecule has 0 aliphatic rings. The molecule has 0 aliphatic heterocycles. The number of fused-ring (bicyclic) bond motifs is 1. The standard InChI is InChI=1S/C9H8BrN3O2S/c10-6-16(14,15)13-7-1-2-8-9(5-7)12-4-3-11-8/h1-5,13H,6H2. The molecule has 1 N–H and O–H groups in total. The molecule has 7 heteroatoms. The van der Waals surface area contributed by atoms with Crippen molar-refractivity contribution < 1.29 is 8.42 Å². The highest BCUT2D eigenvalue weighted by Gasteiger charge is 2.08. The van der Waals surface area contributed by atoms with Gasteiger partial charge < -0.3 is 0 Å². The Morgan fingerprint density at radius 3 is 2.56 bits per heavy atom. The van der Waals surface area contributed by atoms with E-state index in [-0.39, 0.29) is 4.66 Å². The molecule has 0 saturated heterocycles. The summed E-state index contributed by atoms with van der Waals surface area (Å²) in [5, 5.41) is 0. The first-order valence-corrected chi connectivity index (χ1v) is 7.15. The summed E-state index contributed by atoms with van der Waals surface area (Å²) in [4.78, 5) is 8.18. The van der Waals surface area contributed by atoms with E-state index in [0.29, 0.717) is 11.2 Å². The molecule has 5 nitrogen and oxygen atoms in total. The van der Waals surface area contributed by atoms with Crippen molar-refractivity contribution in [2.75, 3.05) is 9.38 Å². The van der Waals surface area contributed by atoms with Crippen LogP contribution in [0.25, 0.3) is 11.0 Å². The average Bonchev–Trinajstić information content (AvgIpc) is 2.28. The molecule has 0 radical (unpaired) electrons. The van der Waals surface area contributed by atoms with Gasteiger partial charge in [-0.1, -0.05) is 15.9 Å². The predicted octanol–water partition coefficient (Wildman–Crippen LogP) is 1.72. The Kier molecular flexibility index (Phi) is 3.06. The van der Waals surface area contributed by atoms with Gasteiger partial charge in [-0.05, 0) is 18.2 Å². The summed E-state index contributed by atoms with van der Waals surface area (Å²) in [6, 6.07) is 5.01. The van der Waals surface area contributed by atoms with Gasteiger partial charge in [-0.15, -0.1) is 0 Å². The lowest BCUT2D eigenvalue weighted by atomic mass is 10.3. The highest BCUT2D eigenvalue weighted by molar-refractivity contribution is 9.10. The van der Waals surface area contributed by atoms with Crippen LogP contribution in [0.1, 0.15) is 0 Å². The van der Waals surface area contributed by atoms with Crippen molar-refractivity contribution in [3.8, 4) is 0 Å². The number of hydrogen-bond donors (Lipinski definition) is 1. The fourth-order valence-electron chi connectivity index (χ4n) is 1.23. The number of nitrogens with zero attached hydrogens (tertiary/aromatic N) is 2. The minimum absolute atomic E-state index is 0.140. The highest BCUT2D eigenvalue weighted by Crippen LogP contribution is 2.16. The normalized spacial score (nSPS) is 11.6. The molecule has 2 aromatic rings. The Morgan fingerprint density at radius 1 is 1.19 bits per heavy atom. The van der Waals surface area contributed by atoms with Crippen LogP contribution in [0.15, 0.2) is 30.6 Å². The Morgan fingerprint density at radius 2 is 1.88 bits per heavy atom. The van der Waals surface area contributed by atoms with E-state index in [4.69, 9.17) is 0 Å². The maximum Gasteiger partial charge on any atom is 0.242 e. The summed E-state index contributed by atoms with van der Waals surface area (Å²) < 4.78 is 24.9. The van der Waals surface area contributed by atoms with Crippen molar-refractivity contribution in [1.29, 1.82) is 0 Å². The topological polar surface area (TPSA) is 72.0 Å². The van der Waals surface area contributed by atoms with Crippen LogP contribution >= 0.6 is 15.9 Å². The van der Waals surface area contributed by atoms with Gasteiger partial charge in [-0.2, -0.15) is 0 Å². The first-order chi connectivity index (χ1) is 7.61. The number of hydrogen-bond acceptors (Lipinski definition) is 4. The van der Waals surface area contributed by atoms with Gasteiger partial charge in [0.2, 0.25) is 10.0 Å². The van der Waals surface area contributed by atoms with E-state index in [1.54, 1.807) is 30.6 Å². The summed E-state index contributed by atoms with van der Waals surface area (Å²) in [6.45, 7) is 0. The fraction of sp³-hybridized carbons (Fsp3) is 0.111. The van der Waals surface area contributed by atoms with Crippen molar-refractivity contribution in [3.63, 3.8) is 0 Å². The molecule has 0 fully saturated rings. The third-order valence-corrected chi connectivity index (χ3v) is 4.53. The van der Waals surface area contributed by atoms with Crippen molar-refractivity contribution in [2.45, 2.75) is 0 Å². The summed E-state index contributed by atoms with van der Waals surface area (Å²) in [6.07, 6.45) is 3.15. The van der Waals surface area contributed by atoms with Gasteiger partial charge >= 0.3 is 0 Å². The zero-order chi connectivity index (χ0) is 11.6. The number of anilines is 1. The van der Waals surface area contributed by atoms with Crippen molar-refractivity contribution in [2.24, 2.45) is 0 Å². The second-order valence-corrected chi connectivity index (χ2v) is 6.11. The SMILES string of the molecule is O=S(=O)(CBr)Nc1ccc2nccnc2c1. The number of nitrogens with one attached hydrogen (secondary N) is 1. The summed E-state index contributed by atoms with van der Waals surface area (Å²) >= 11 is 2.90. The Labute approximate surface area is 101 Å². The van der Waals surface area contributed by atoms with E-state index in [0.717, 1.165) is 5.52 Å². The van der Waals surface area contributed by atoms with Crippen LogP contribution < -0.4 is 4.72 Å². The highest BCUT2D eigenvalue weighted by atomic mass is 79.9. The van der Waals surface area contributed by atoms with Crippen LogP contribution in [-0.2, 0) is 10.0 Å². The third-order valence-electron chi connectivity index (χ3n) is 1.89. The summed E-state index contributed by atoms with van der Waals surface area (Å²) in [5.41, 5.74) is 1.86. The molecule has 16 heavy (non-hydrogen) atoms. The van der Waals surface area contributed by atoms with E-state index in [2.05, 4.69) is 30.6 Å². The predicted molar refractivity (Wildman–Crippen MR) is 65.9 cm³/mol. The van der Waals surface area contributed by atoms with Crippen molar-refractivity contribution in [3.05, 3.63) is 30.6 Å². The average molecular weight is 302 g/mol. The molecule has 0 spiro atoms. The lowest BCUT2D eigenvalue weighted by Gasteiger charge is -2.05. The Balaban J connectivity index is 2.40. The molecular formula is C9H8BrN3O2S. The molecule has 0 saturated carbocycles. The van der Waals surface area contributed by atoms with Gasteiger partial charge in [-0.25, -0.2) is 8.42 Å². The van der Waals surface area contributed by atoms with E-state index in [9.17, 15) is 8.42 Å². The van der Waals surface area contributed by atoms with Gasteiger partial charge in [0.05, 0.1) is 16.7 Å². The second kappa shape index (κ2) is 4.34. The monoisotopic (exact) mass is 301 g/mol. The minimum atomic E-state index is -3.32. The Hall–Kier alpha value is -1.21. The van der Waals surface area contributed by atoms with E-state index in [1.807, 2.05) is 0 Å².